The minimum atomic E-state index is -0.754. The van der Waals surface area contributed by atoms with Crippen LogP contribution < -0.4 is 10.9 Å². The molecule has 0 bridgehead atoms. The molecule has 1 aliphatic carbocycles. The first kappa shape index (κ1) is 19.5. The van der Waals surface area contributed by atoms with Crippen LogP contribution in [0.25, 0.3) is 0 Å². The van der Waals surface area contributed by atoms with Gasteiger partial charge in [0.15, 0.2) is 0 Å². The van der Waals surface area contributed by atoms with Crippen molar-refractivity contribution in [1.29, 1.82) is 5.26 Å². The zero-order valence-corrected chi connectivity index (χ0v) is 15.9. The Kier molecular flexibility index (Phi) is 5.65. The molecule has 136 valence electrons. The van der Waals surface area contributed by atoms with Crippen LogP contribution in [0.3, 0.4) is 0 Å². The Hall–Kier alpha value is -1.78. The molecule has 0 radical (unpaired) electrons. The third-order valence-corrected chi connectivity index (χ3v) is 5.44. The number of aromatic nitrogens is 1. The van der Waals surface area contributed by atoms with E-state index in [2.05, 4.69) is 31.1 Å². The summed E-state index contributed by atoms with van der Waals surface area (Å²) in [7, 11) is 0. The van der Waals surface area contributed by atoms with E-state index in [4.69, 9.17) is 0 Å². The smallest absolute Gasteiger partial charge is 0.261 e. The Balaban J connectivity index is 2.35. The first-order chi connectivity index (χ1) is 11.6. The SMILES string of the molecule is CSc1[nH]c(=O)c(C(=O)NC2(CO)CC(C)CC(C)(C)C2)cc1C#N. The van der Waals surface area contributed by atoms with Gasteiger partial charge in [0.25, 0.3) is 11.5 Å². The van der Waals surface area contributed by atoms with E-state index in [1.165, 1.54) is 17.8 Å². The van der Waals surface area contributed by atoms with Crippen molar-refractivity contribution in [3.05, 3.63) is 27.5 Å². The number of hydrogen-bond donors (Lipinski definition) is 3. The second-order valence-corrected chi connectivity index (χ2v) is 8.63. The molecular formula is C18H25N3O3S. The summed E-state index contributed by atoms with van der Waals surface area (Å²) in [4.78, 5) is 27.5. The van der Waals surface area contributed by atoms with Crippen LogP contribution in [0.4, 0.5) is 0 Å². The molecule has 6 nitrogen and oxygen atoms in total. The fourth-order valence-electron chi connectivity index (χ4n) is 4.23. The van der Waals surface area contributed by atoms with Gasteiger partial charge in [0, 0.05) is 0 Å². The maximum atomic E-state index is 12.7. The summed E-state index contributed by atoms with van der Waals surface area (Å²) in [5, 5.41) is 22.5. The number of H-pyrrole nitrogens is 1. The van der Waals surface area contributed by atoms with Crippen molar-refractivity contribution in [3.63, 3.8) is 0 Å². The second kappa shape index (κ2) is 7.22. The highest BCUT2D eigenvalue weighted by molar-refractivity contribution is 7.98. The largest absolute Gasteiger partial charge is 0.394 e. The molecule has 1 aromatic heterocycles. The Morgan fingerprint density at radius 2 is 2.20 bits per heavy atom. The minimum Gasteiger partial charge on any atom is -0.394 e. The van der Waals surface area contributed by atoms with Gasteiger partial charge < -0.3 is 15.4 Å². The third-order valence-electron chi connectivity index (χ3n) is 4.71. The van der Waals surface area contributed by atoms with E-state index in [0.29, 0.717) is 23.8 Å². The number of thioether (sulfide) groups is 1. The van der Waals surface area contributed by atoms with Crippen LogP contribution in [0.5, 0.6) is 0 Å². The molecule has 3 N–H and O–H groups in total. The third kappa shape index (κ3) is 4.25. The summed E-state index contributed by atoms with van der Waals surface area (Å²) in [6.07, 6.45) is 4.06. The quantitative estimate of drug-likeness (QED) is 0.712. The number of hydrogen-bond acceptors (Lipinski definition) is 5. The van der Waals surface area contributed by atoms with Gasteiger partial charge >= 0.3 is 0 Å². The zero-order chi connectivity index (χ0) is 18.8. The molecular weight excluding hydrogens is 338 g/mol. The van der Waals surface area contributed by atoms with Crippen molar-refractivity contribution >= 4 is 17.7 Å². The van der Waals surface area contributed by atoms with Crippen molar-refractivity contribution in [2.75, 3.05) is 12.9 Å². The number of nitrogens with zero attached hydrogens (tertiary/aromatic N) is 1. The molecule has 0 aliphatic heterocycles. The number of carbonyl (C=O) groups is 1. The molecule has 2 rings (SSSR count). The van der Waals surface area contributed by atoms with Crippen LogP contribution in [-0.2, 0) is 0 Å². The van der Waals surface area contributed by atoms with E-state index < -0.39 is 17.0 Å². The van der Waals surface area contributed by atoms with Crippen molar-refractivity contribution in [3.8, 4) is 6.07 Å². The lowest BCUT2D eigenvalue weighted by molar-refractivity contribution is 0.0333. The van der Waals surface area contributed by atoms with Crippen LogP contribution in [0.1, 0.15) is 56.0 Å². The highest BCUT2D eigenvalue weighted by Gasteiger charge is 2.43. The molecule has 0 aromatic carbocycles. The van der Waals surface area contributed by atoms with Crippen LogP contribution in [-0.4, -0.2) is 34.4 Å². The van der Waals surface area contributed by atoms with E-state index in [-0.39, 0.29) is 23.1 Å². The fourth-order valence-corrected chi connectivity index (χ4v) is 4.75. The predicted octanol–water partition coefficient (Wildman–Crippen LogP) is 2.28. The number of nitrogens with one attached hydrogen (secondary N) is 2. The summed E-state index contributed by atoms with van der Waals surface area (Å²) in [5.41, 5.74) is -1.14. The summed E-state index contributed by atoms with van der Waals surface area (Å²) in [6.45, 7) is 6.16. The molecule has 7 heteroatoms. The van der Waals surface area contributed by atoms with Gasteiger partial charge in [-0.25, -0.2) is 0 Å². The number of pyridine rings is 1. The van der Waals surface area contributed by atoms with Crippen LogP contribution in [0.15, 0.2) is 15.9 Å². The highest BCUT2D eigenvalue weighted by atomic mass is 32.2. The molecule has 1 fully saturated rings. The summed E-state index contributed by atoms with van der Waals surface area (Å²) in [6, 6.07) is 3.32. The first-order valence-electron chi connectivity index (χ1n) is 8.30. The number of aliphatic hydroxyl groups excluding tert-OH is 1. The van der Waals surface area contributed by atoms with Gasteiger partial charge in [-0.2, -0.15) is 5.26 Å². The molecule has 1 heterocycles. The summed E-state index contributed by atoms with van der Waals surface area (Å²) in [5.74, 6) is -0.202. The number of nitriles is 1. The molecule has 1 amide bonds. The van der Waals surface area contributed by atoms with E-state index in [0.717, 1.165) is 6.42 Å². The van der Waals surface area contributed by atoms with Crippen molar-refractivity contribution in [2.24, 2.45) is 11.3 Å². The number of amides is 1. The van der Waals surface area contributed by atoms with Gasteiger partial charge in [-0.3, -0.25) is 9.59 Å². The van der Waals surface area contributed by atoms with Gasteiger partial charge in [-0.15, -0.1) is 11.8 Å². The Morgan fingerprint density at radius 3 is 2.72 bits per heavy atom. The van der Waals surface area contributed by atoms with Crippen molar-refractivity contribution in [2.45, 2.75) is 50.6 Å². The van der Waals surface area contributed by atoms with Gasteiger partial charge in [0.05, 0.1) is 22.7 Å². The molecule has 0 spiro atoms. The topological polar surface area (TPSA) is 106 Å². The lowest BCUT2D eigenvalue weighted by Crippen LogP contribution is -2.57. The molecule has 1 aliphatic rings. The average Bonchev–Trinajstić information content (AvgIpc) is 2.52. The second-order valence-electron chi connectivity index (χ2n) is 7.82. The number of aliphatic hydroxyl groups is 1. The zero-order valence-electron chi connectivity index (χ0n) is 15.1. The summed E-state index contributed by atoms with van der Waals surface area (Å²) >= 11 is 1.24. The molecule has 25 heavy (non-hydrogen) atoms. The lowest BCUT2D eigenvalue weighted by atomic mass is 9.64. The predicted molar refractivity (Wildman–Crippen MR) is 97.6 cm³/mol. The van der Waals surface area contributed by atoms with Crippen LogP contribution >= 0.6 is 11.8 Å². The normalized spacial score (nSPS) is 25.2. The standard InChI is InChI=1S/C18H25N3O3S/c1-11-6-17(2,3)9-18(7-11,10-22)21-15(24)13-5-12(8-19)16(25-4)20-14(13)23/h5,11,22H,6-7,9-10H2,1-4H3,(H,20,23)(H,21,24). The van der Waals surface area contributed by atoms with Crippen LogP contribution in [0.2, 0.25) is 0 Å². The number of carbonyl (C=O) groups excluding carboxylic acids is 1. The first-order valence-corrected chi connectivity index (χ1v) is 9.52. The van der Waals surface area contributed by atoms with E-state index in [1.807, 2.05) is 6.07 Å². The Bertz CT molecular complexity index is 766. The number of aromatic amines is 1. The summed E-state index contributed by atoms with van der Waals surface area (Å²) < 4.78 is 0. The lowest BCUT2D eigenvalue weighted by Gasteiger charge is -2.47. The van der Waals surface area contributed by atoms with Gasteiger partial charge in [-0.05, 0) is 42.9 Å². The molecule has 1 saturated carbocycles. The molecule has 0 saturated heterocycles. The van der Waals surface area contributed by atoms with Crippen LogP contribution in [0, 0.1) is 22.7 Å². The highest BCUT2D eigenvalue weighted by Crippen LogP contribution is 2.43. The average molecular weight is 363 g/mol. The maximum Gasteiger partial charge on any atom is 0.261 e. The number of rotatable bonds is 4. The van der Waals surface area contributed by atoms with Gasteiger partial charge in [0.1, 0.15) is 11.6 Å². The van der Waals surface area contributed by atoms with E-state index in [1.54, 1.807) is 6.26 Å². The Labute approximate surface area is 152 Å². The van der Waals surface area contributed by atoms with Crippen molar-refractivity contribution < 1.29 is 9.90 Å². The molecule has 2 unspecified atom stereocenters. The van der Waals surface area contributed by atoms with Crippen molar-refractivity contribution in [1.82, 2.24) is 10.3 Å². The maximum absolute atomic E-state index is 12.7. The van der Waals surface area contributed by atoms with E-state index in [9.17, 15) is 20.0 Å². The monoisotopic (exact) mass is 363 g/mol. The Morgan fingerprint density at radius 1 is 1.52 bits per heavy atom. The van der Waals surface area contributed by atoms with Gasteiger partial charge in [0.2, 0.25) is 0 Å². The molecule has 2 atom stereocenters. The molecule has 1 aromatic rings. The fraction of sp³-hybridized carbons (Fsp3) is 0.611. The van der Waals surface area contributed by atoms with E-state index >= 15 is 0 Å². The minimum absolute atomic E-state index is 0.0133. The van der Waals surface area contributed by atoms with Gasteiger partial charge in [-0.1, -0.05) is 20.8 Å².